The lowest BCUT2D eigenvalue weighted by Gasteiger charge is -2.39. The number of ether oxygens (including phenoxy) is 2. The first-order valence-electron chi connectivity index (χ1n) is 28.1. The average molecular weight is 1230 g/mol. The maximum absolute atomic E-state index is 12.2. The predicted octanol–water partition coefficient (Wildman–Crippen LogP) is 15.6. The Morgan fingerprint density at radius 1 is 0.605 bits per heavy atom. The third kappa shape index (κ3) is 12.5. The fraction of sp³-hybridized carbons (Fsp3) is 0.433. The summed E-state index contributed by atoms with van der Waals surface area (Å²) < 4.78 is 24.1. The first kappa shape index (κ1) is 56.6. The molecule has 4 aliphatic heterocycles. The smallest absolute Gasteiger partial charge is 0.338 e. The van der Waals surface area contributed by atoms with Crippen LogP contribution < -0.4 is 20.9 Å². The van der Waals surface area contributed by atoms with Crippen LogP contribution in [0.1, 0.15) is 146 Å². The Kier molecular flexibility index (Phi) is 17.3. The van der Waals surface area contributed by atoms with Crippen molar-refractivity contribution in [3.63, 3.8) is 0 Å². The summed E-state index contributed by atoms with van der Waals surface area (Å²) in [6.45, 7) is 5.77. The second-order valence-corrected chi connectivity index (χ2v) is 26.0. The molecule has 4 atom stereocenters. The monoisotopic (exact) mass is 1230 g/mol. The minimum Gasteiger partial charge on any atom is -0.462 e. The number of nitrogens with zero attached hydrogens (tertiary/aromatic N) is 5. The number of rotatable bonds is 15. The van der Waals surface area contributed by atoms with Gasteiger partial charge in [0, 0.05) is 83.4 Å². The highest BCUT2D eigenvalue weighted by Crippen LogP contribution is 2.48. The zero-order valence-electron chi connectivity index (χ0n) is 44.8. The van der Waals surface area contributed by atoms with Crippen LogP contribution in [-0.2, 0) is 22.6 Å². The Labute approximate surface area is 502 Å². The fourth-order valence-electron chi connectivity index (χ4n) is 12.1. The number of anilines is 1. The number of hydrogen-bond donors (Lipinski definition) is 3. The van der Waals surface area contributed by atoms with Crippen molar-refractivity contribution in [1.82, 2.24) is 36.2 Å². The highest BCUT2D eigenvalue weighted by Gasteiger charge is 2.43. The molecule has 2 saturated carbocycles. The van der Waals surface area contributed by atoms with Crippen molar-refractivity contribution in [2.24, 2.45) is 0 Å². The SMILES string of the molecule is CCOC(=O)c1ccc2nc(Cl)sc2c1.CCOC(=O)c1ccc2nc(N3C4CCC3CC(NCc3c(-c5c(Cl)cccc5Cl)noc3C3CC3)C4)sc2c1.Clc1cccc(Cl)c1-c1noc(C2CC2)c1CNC1CC2CCC(C1)N2. The molecule has 4 unspecified atom stereocenters. The van der Waals surface area contributed by atoms with Gasteiger partial charge in [0.1, 0.15) is 22.9 Å². The molecule has 6 fully saturated rings. The number of nitrogens with one attached hydrogen (secondary N) is 3. The van der Waals surface area contributed by atoms with E-state index in [-0.39, 0.29) is 11.9 Å². The summed E-state index contributed by atoms with van der Waals surface area (Å²) in [5.74, 6) is 2.31. The van der Waals surface area contributed by atoms with E-state index in [1.807, 2.05) is 55.5 Å². The summed E-state index contributed by atoms with van der Waals surface area (Å²) in [6.07, 6.45) is 14.0. The molecule has 14 rings (SSSR count). The number of hydrogen-bond acceptors (Lipinski definition) is 16. The number of halogens is 5. The first-order valence-corrected chi connectivity index (χ1v) is 31.6. The number of benzene rings is 4. The van der Waals surface area contributed by atoms with Crippen molar-refractivity contribution >= 4 is 118 Å². The van der Waals surface area contributed by atoms with Crippen LogP contribution in [0.5, 0.6) is 0 Å². The highest BCUT2D eigenvalue weighted by atomic mass is 35.5. The number of thiazole rings is 2. The zero-order valence-corrected chi connectivity index (χ0v) is 50.2. The second kappa shape index (κ2) is 24.8. The number of carbonyl (C=O) groups is 2. The number of fused-ring (bicyclic) bond motifs is 6. The molecule has 4 aromatic carbocycles. The summed E-state index contributed by atoms with van der Waals surface area (Å²) in [5, 5.41) is 23.6. The third-order valence-corrected chi connectivity index (χ3v) is 19.7. The van der Waals surface area contributed by atoms with Crippen molar-refractivity contribution < 1.29 is 28.1 Å². The van der Waals surface area contributed by atoms with Crippen molar-refractivity contribution in [3.05, 3.63) is 131 Å². The topological polar surface area (TPSA) is 170 Å². The number of carbonyl (C=O) groups excluding carboxylic acids is 2. The van der Waals surface area contributed by atoms with Crippen molar-refractivity contribution in [3.8, 4) is 22.5 Å². The van der Waals surface area contributed by atoms with Crippen LogP contribution in [0.3, 0.4) is 0 Å². The van der Waals surface area contributed by atoms with Crippen LogP contribution in [0.2, 0.25) is 24.6 Å². The maximum atomic E-state index is 12.2. The Morgan fingerprint density at radius 2 is 1.06 bits per heavy atom. The predicted molar refractivity (Wildman–Crippen MR) is 323 cm³/mol. The lowest BCUT2D eigenvalue weighted by molar-refractivity contribution is 0.0517. The summed E-state index contributed by atoms with van der Waals surface area (Å²) in [6, 6.07) is 25.1. The van der Waals surface area contributed by atoms with Crippen LogP contribution in [0, 0.1) is 0 Å². The molecule has 6 aliphatic rings. The summed E-state index contributed by atoms with van der Waals surface area (Å²) in [4.78, 5) is 35.2. The van der Waals surface area contributed by atoms with E-state index in [1.54, 1.807) is 42.5 Å². The molecule has 81 heavy (non-hydrogen) atoms. The van der Waals surface area contributed by atoms with E-state index < -0.39 is 0 Å². The van der Waals surface area contributed by atoms with Crippen molar-refractivity contribution in [2.45, 2.75) is 152 Å². The molecular weight excluding hydrogens is 1170 g/mol. The second-order valence-electron chi connectivity index (χ2n) is 21.8. The van der Waals surface area contributed by atoms with Crippen molar-refractivity contribution in [2.75, 3.05) is 18.1 Å². The molecule has 2 aliphatic carbocycles. The average Bonchev–Trinajstić information content (AvgIpc) is 4.31. The molecule has 4 saturated heterocycles. The Hall–Kier alpha value is -4.85. The van der Waals surface area contributed by atoms with E-state index in [9.17, 15) is 9.59 Å². The number of piperidine rings is 2. The van der Waals surface area contributed by atoms with Gasteiger partial charge in [-0.3, -0.25) is 0 Å². The number of aromatic nitrogens is 4. The van der Waals surface area contributed by atoms with E-state index in [4.69, 9.17) is 81.5 Å². The Bertz CT molecular complexity index is 3530. The summed E-state index contributed by atoms with van der Waals surface area (Å²) >= 11 is 34.8. The molecule has 0 amide bonds. The van der Waals surface area contributed by atoms with Gasteiger partial charge in [-0.25, -0.2) is 19.6 Å². The highest BCUT2D eigenvalue weighted by molar-refractivity contribution is 7.22. The summed E-state index contributed by atoms with van der Waals surface area (Å²) in [7, 11) is 0. The molecule has 8 aromatic rings. The molecule has 424 valence electrons. The minimum absolute atomic E-state index is 0.288. The molecule has 8 heterocycles. The summed E-state index contributed by atoms with van der Waals surface area (Å²) in [5.41, 5.74) is 8.13. The minimum atomic E-state index is -0.316. The van der Waals surface area contributed by atoms with Crippen LogP contribution >= 0.6 is 80.7 Å². The third-order valence-electron chi connectivity index (χ3n) is 16.3. The normalized spacial score (nSPS) is 21.9. The van der Waals surface area contributed by atoms with Gasteiger partial charge in [-0.15, -0.1) is 11.3 Å². The van der Waals surface area contributed by atoms with Gasteiger partial charge >= 0.3 is 11.9 Å². The molecular formula is C60H61Cl5N8O6S2. The fourth-order valence-corrected chi connectivity index (χ4v) is 15.5. The Balaban J connectivity index is 0.000000135. The molecule has 0 spiro atoms. The molecule has 0 radical (unpaired) electrons. The van der Waals surface area contributed by atoms with Gasteiger partial charge in [-0.1, -0.05) is 91.8 Å². The quantitative estimate of drug-likeness (QED) is 0.0829. The van der Waals surface area contributed by atoms with Crippen molar-refractivity contribution in [1.29, 1.82) is 0 Å². The molecule has 21 heteroatoms. The van der Waals surface area contributed by atoms with Gasteiger partial charge in [0.2, 0.25) is 0 Å². The Morgan fingerprint density at radius 3 is 1.53 bits per heavy atom. The van der Waals surface area contributed by atoms with Gasteiger partial charge in [0.05, 0.1) is 64.9 Å². The van der Waals surface area contributed by atoms with Crippen LogP contribution in [-0.4, -0.2) is 81.7 Å². The number of esters is 2. The lowest BCUT2D eigenvalue weighted by atomic mass is 9.97. The van der Waals surface area contributed by atoms with E-state index in [1.165, 1.54) is 49.9 Å². The van der Waals surface area contributed by atoms with E-state index in [0.29, 0.717) is 104 Å². The van der Waals surface area contributed by atoms with Gasteiger partial charge in [0.15, 0.2) is 9.60 Å². The van der Waals surface area contributed by atoms with Gasteiger partial charge in [-0.05, 0) is 152 Å². The van der Waals surface area contributed by atoms with Crippen LogP contribution in [0.4, 0.5) is 5.13 Å². The van der Waals surface area contributed by atoms with Crippen LogP contribution in [0.15, 0.2) is 81.8 Å². The largest absolute Gasteiger partial charge is 0.462 e. The van der Waals surface area contributed by atoms with E-state index >= 15 is 0 Å². The molecule has 3 N–H and O–H groups in total. The van der Waals surface area contributed by atoms with E-state index in [2.05, 4.69) is 36.1 Å². The molecule has 14 nitrogen and oxygen atoms in total. The van der Waals surface area contributed by atoms with E-state index in [0.717, 1.165) is 116 Å². The van der Waals surface area contributed by atoms with Gasteiger partial charge in [0.25, 0.3) is 0 Å². The zero-order chi connectivity index (χ0) is 55.9. The first-order chi connectivity index (χ1) is 39.4. The van der Waals surface area contributed by atoms with Gasteiger partial charge < -0.3 is 39.4 Å². The lowest BCUT2D eigenvalue weighted by Crippen LogP contribution is -2.49. The van der Waals surface area contributed by atoms with Crippen LogP contribution in [0.25, 0.3) is 42.9 Å². The standard InChI is InChI=1S/C30H30Cl2N4O3S.C20H23Cl2N3O.C10H8ClNO2S/c1-2-38-29(37)17-8-11-24-25(12-17)40-30(34-24)36-19-9-10-20(36)14-18(13-19)33-15-21-27(35-39-28(21)16-6-7-16)26-22(31)4-3-5-23(26)32;21-16-2-1-3-17(22)18(16)19-15(20(26-25-19)11-4-5-11)10-23-14-8-12-6-7-13(9-14)24-12;1-2-14-9(13)6-3-4-7-8(5-6)15-10(11)12-7/h3-5,8,11-12,16,18-20,33H,2,6-7,9-10,13-15H2,1H3;1-3,11-14,23-24H,4-10H2;3-5H,2H2,1H3. The van der Waals surface area contributed by atoms with Gasteiger partial charge in [-0.2, -0.15) is 0 Å². The molecule has 4 aromatic heterocycles. The maximum Gasteiger partial charge on any atom is 0.338 e. The molecule has 4 bridgehead atoms.